The number of hydrogen-bond acceptors (Lipinski definition) is 3. The Labute approximate surface area is 145 Å². The molecule has 138 valence electrons. The molecule has 0 aromatic heterocycles. The lowest BCUT2D eigenvalue weighted by molar-refractivity contribution is -0.133. The minimum absolute atomic E-state index is 0.0932. The second-order valence-electron chi connectivity index (χ2n) is 7.44. The molecule has 2 aliphatic rings. The van der Waals surface area contributed by atoms with Gasteiger partial charge in [0.15, 0.2) is 0 Å². The van der Waals surface area contributed by atoms with Crippen molar-refractivity contribution >= 4 is 11.9 Å². The van der Waals surface area contributed by atoms with Crippen molar-refractivity contribution in [3.8, 4) is 0 Å². The smallest absolute Gasteiger partial charge is 0.315 e. The summed E-state index contributed by atoms with van der Waals surface area (Å²) < 4.78 is 0. The number of carbonyl (C=O) groups is 2. The maximum atomic E-state index is 12.3. The van der Waals surface area contributed by atoms with Crippen LogP contribution in [0.3, 0.4) is 0 Å². The molecule has 4 N–H and O–H groups in total. The van der Waals surface area contributed by atoms with Gasteiger partial charge in [0, 0.05) is 38.1 Å². The predicted octanol–water partition coefficient (Wildman–Crippen LogP) is 1.98. The van der Waals surface area contributed by atoms with Crippen LogP contribution in [-0.4, -0.2) is 48.6 Å². The molecule has 1 aliphatic heterocycles. The molecule has 0 spiro atoms. The molecule has 0 aromatic rings. The molecular formula is C18H34N4O2. The first-order chi connectivity index (χ1) is 11.6. The van der Waals surface area contributed by atoms with Gasteiger partial charge >= 0.3 is 6.03 Å². The number of nitrogens with one attached hydrogen (secondary N) is 2. The minimum atomic E-state index is -0.0932. The van der Waals surface area contributed by atoms with Crippen molar-refractivity contribution < 1.29 is 9.59 Å². The lowest BCUT2D eigenvalue weighted by Gasteiger charge is -2.34. The molecule has 6 heteroatoms. The normalized spacial score (nSPS) is 23.6. The molecule has 2 atom stereocenters. The van der Waals surface area contributed by atoms with E-state index >= 15 is 0 Å². The van der Waals surface area contributed by atoms with E-state index in [9.17, 15) is 9.59 Å². The predicted molar refractivity (Wildman–Crippen MR) is 95.6 cm³/mol. The summed E-state index contributed by atoms with van der Waals surface area (Å²) in [7, 11) is 0. The minimum Gasteiger partial charge on any atom is -0.342 e. The Kier molecular flexibility index (Phi) is 7.82. The first-order valence-corrected chi connectivity index (χ1v) is 9.64. The highest BCUT2D eigenvalue weighted by molar-refractivity contribution is 5.76. The molecule has 0 radical (unpaired) electrons. The largest absolute Gasteiger partial charge is 0.342 e. The van der Waals surface area contributed by atoms with E-state index in [4.69, 9.17) is 5.73 Å². The second-order valence-corrected chi connectivity index (χ2v) is 7.44. The van der Waals surface area contributed by atoms with Gasteiger partial charge in [0.1, 0.15) is 0 Å². The molecule has 0 aromatic carbocycles. The summed E-state index contributed by atoms with van der Waals surface area (Å²) in [4.78, 5) is 26.1. The van der Waals surface area contributed by atoms with E-state index in [1.54, 1.807) is 0 Å². The monoisotopic (exact) mass is 338 g/mol. The number of carbonyl (C=O) groups excluding carboxylic acids is 2. The van der Waals surface area contributed by atoms with Gasteiger partial charge in [-0.2, -0.15) is 0 Å². The average Bonchev–Trinajstić information content (AvgIpc) is 2.59. The van der Waals surface area contributed by atoms with Gasteiger partial charge < -0.3 is 21.3 Å². The van der Waals surface area contributed by atoms with Crippen LogP contribution in [0.25, 0.3) is 0 Å². The zero-order valence-corrected chi connectivity index (χ0v) is 15.1. The molecule has 1 heterocycles. The molecule has 2 unspecified atom stereocenters. The van der Waals surface area contributed by atoms with E-state index in [2.05, 4.69) is 10.6 Å². The van der Waals surface area contributed by atoms with Crippen LogP contribution < -0.4 is 16.4 Å². The number of hydrogen-bond donors (Lipinski definition) is 3. The van der Waals surface area contributed by atoms with Crippen molar-refractivity contribution in [1.82, 2.24) is 15.5 Å². The summed E-state index contributed by atoms with van der Waals surface area (Å²) in [5, 5.41) is 5.90. The van der Waals surface area contributed by atoms with E-state index in [1.165, 1.54) is 19.3 Å². The highest BCUT2D eigenvalue weighted by Gasteiger charge is 2.25. The van der Waals surface area contributed by atoms with Crippen molar-refractivity contribution in [2.45, 2.75) is 76.8 Å². The molecule has 2 rings (SSSR count). The van der Waals surface area contributed by atoms with E-state index in [-0.39, 0.29) is 18.0 Å². The van der Waals surface area contributed by atoms with Gasteiger partial charge in [0.05, 0.1) is 0 Å². The summed E-state index contributed by atoms with van der Waals surface area (Å²) in [6.45, 7) is 4.20. The Morgan fingerprint density at radius 3 is 2.62 bits per heavy atom. The van der Waals surface area contributed by atoms with Crippen LogP contribution in [0.4, 0.5) is 4.79 Å². The van der Waals surface area contributed by atoms with Gasteiger partial charge in [0.2, 0.25) is 5.91 Å². The van der Waals surface area contributed by atoms with Crippen LogP contribution in [-0.2, 0) is 4.79 Å². The van der Waals surface area contributed by atoms with E-state index in [0.29, 0.717) is 31.3 Å². The zero-order chi connectivity index (χ0) is 17.4. The van der Waals surface area contributed by atoms with Crippen molar-refractivity contribution in [1.29, 1.82) is 0 Å². The molecule has 1 saturated heterocycles. The zero-order valence-electron chi connectivity index (χ0n) is 15.1. The number of nitrogens with zero attached hydrogens (tertiary/aromatic N) is 1. The van der Waals surface area contributed by atoms with Crippen LogP contribution in [0.1, 0.15) is 64.7 Å². The SMILES string of the molecule is CC(N)C1CCCN(C(=O)CCCNC(=O)NC2CCCCC2)C1. The van der Waals surface area contributed by atoms with Crippen LogP contribution >= 0.6 is 0 Å². The van der Waals surface area contributed by atoms with E-state index in [0.717, 1.165) is 38.8 Å². The number of amides is 3. The Morgan fingerprint density at radius 1 is 1.17 bits per heavy atom. The molecule has 0 bridgehead atoms. The quantitative estimate of drug-likeness (QED) is 0.647. The van der Waals surface area contributed by atoms with Crippen molar-refractivity contribution in [2.24, 2.45) is 11.7 Å². The summed E-state index contributed by atoms with van der Waals surface area (Å²) in [5.74, 6) is 0.608. The van der Waals surface area contributed by atoms with Crippen LogP contribution in [0, 0.1) is 5.92 Å². The highest BCUT2D eigenvalue weighted by atomic mass is 16.2. The van der Waals surface area contributed by atoms with Crippen molar-refractivity contribution in [3.05, 3.63) is 0 Å². The number of urea groups is 1. The van der Waals surface area contributed by atoms with Gasteiger partial charge in [-0.15, -0.1) is 0 Å². The third-order valence-corrected chi connectivity index (χ3v) is 5.35. The number of nitrogens with two attached hydrogens (primary N) is 1. The molecular weight excluding hydrogens is 304 g/mol. The summed E-state index contributed by atoms with van der Waals surface area (Å²) in [5.41, 5.74) is 5.97. The average molecular weight is 338 g/mol. The lowest BCUT2D eigenvalue weighted by Crippen LogP contribution is -2.45. The Bertz CT molecular complexity index is 408. The summed E-state index contributed by atoms with van der Waals surface area (Å²) in [6.07, 6.45) is 9.21. The first kappa shape index (κ1) is 19.0. The summed E-state index contributed by atoms with van der Waals surface area (Å²) in [6, 6.07) is 0.374. The van der Waals surface area contributed by atoms with Crippen LogP contribution in [0.2, 0.25) is 0 Å². The summed E-state index contributed by atoms with van der Waals surface area (Å²) >= 11 is 0. The molecule has 6 nitrogen and oxygen atoms in total. The Hall–Kier alpha value is -1.30. The van der Waals surface area contributed by atoms with E-state index < -0.39 is 0 Å². The standard InChI is InChI=1S/C18H34N4O2/c1-14(19)15-7-6-12-22(13-15)17(23)10-5-11-20-18(24)21-16-8-3-2-4-9-16/h14-16H,2-13,19H2,1H3,(H2,20,21,24). The van der Waals surface area contributed by atoms with Crippen LogP contribution in [0.5, 0.6) is 0 Å². The van der Waals surface area contributed by atoms with Crippen molar-refractivity contribution in [3.63, 3.8) is 0 Å². The number of likely N-dealkylation sites (tertiary alicyclic amines) is 1. The lowest BCUT2D eigenvalue weighted by atomic mass is 9.92. The molecule has 24 heavy (non-hydrogen) atoms. The maximum absolute atomic E-state index is 12.3. The third kappa shape index (κ3) is 6.30. The second kappa shape index (κ2) is 9.87. The fourth-order valence-corrected chi connectivity index (χ4v) is 3.75. The van der Waals surface area contributed by atoms with Gasteiger partial charge in [-0.1, -0.05) is 19.3 Å². The van der Waals surface area contributed by atoms with Gasteiger partial charge in [-0.25, -0.2) is 4.79 Å². The number of piperidine rings is 1. The van der Waals surface area contributed by atoms with E-state index in [1.807, 2.05) is 11.8 Å². The topological polar surface area (TPSA) is 87.5 Å². The van der Waals surface area contributed by atoms with Crippen LogP contribution in [0.15, 0.2) is 0 Å². The molecule has 2 fully saturated rings. The van der Waals surface area contributed by atoms with Gasteiger partial charge in [0.25, 0.3) is 0 Å². The Morgan fingerprint density at radius 2 is 1.92 bits per heavy atom. The van der Waals surface area contributed by atoms with Gasteiger partial charge in [-0.05, 0) is 44.9 Å². The Balaban J connectivity index is 1.57. The molecule has 1 aliphatic carbocycles. The first-order valence-electron chi connectivity index (χ1n) is 9.64. The number of rotatable bonds is 6. The molecule has 1 saturated carbocycles. The maximum Gasteiger partial charge on any atom is 0.315 e. The fraction of sp³-hybridized carbons (Fsp3) is 0.889. The fourth-order valence-electron chi connectivity index (χ4n) is 3.75. The highest BCUT2D eigenvalue weighted by Crippen LogP contribution is 2.19. The molecule has 3 amide bonds. The third-order valence-electron chi connectivity index (χ3n) is 5.35. The van der Waals surface area contributed by atoms with Crippen molar-refractivity contribution in [2.75, 3.05) is 19.6 Å². The van der Waals surface area contributed by atoms with Gasteiger partial charge in [-0.3, -0.25) is 4.79 Å².